The highest BCUT2D eigenvalue weighted by Crippen LogP contribution is 2.19. The fourth-order valence-electron chi connectivity index (χ4n) is 3.64. The van der Waals surface area contributed by atoms with Crippen LogP contribution in [-0.4, -0.2) is 46.8 Å². The van der Waals surface area contributed by atoms with Crippen LogP contribution in [0.2, 0.25) is 0 Å². The molecule has 1 unspecified atom stereocenters. The number of aromatic nitrogens is 2. The van der Waals surface area contributed by atoms with E-state index < -0.39 is 0 Å². The lowest BCUT2D eigenvalue weighted by Crippen LogP contribution is -2.52. The van der Waals surface area contributed by atoms with Crippen LogP contribution in [0.3, 0.4) is 0 Å². The van der Waals surface area contributed by atoms with Gasteiger partial charge in [0, 0.05) is 57.6 Å². The Morgan fingerprint density at radius 1 is 1.20 bits per heavy atom. The van der Waals surface area contributed by atoms with Gasteiger partial charge in [-0.25, -0.2) is 0 Å². The van der Waals surface area contributed by atoms with E-state index in [9.17, 15) is 0 Å². The molecule has 6 nitrogen and oxygen atoms in total. The average Bonchev–Trinajstić information content (AvgIpc) is 3.03. The molecule has 0 fully saturated rings. The minimum Gasteiger partial charge on any atom is -0.354 e. The lowest BCUT2D eigenvalue weighted by molar-refractivity contribution is 0.339. The van der Waals surface area contributed by atoms with E-state index in [1.54, 1.807) is 0 Å². The van der Waals surface area contributed by atoms with E-state index in [-0.39, 0.29) is 35.6 Å². The molecule has 7 heteroatoms. The molecule has 1 aromatic carbocycles. The number of benzene rings is 1. The van der Waals surface area contributed by atoms with Gasteiger partial charge >= 0.3 is 0 Å². The van der Waals surface area contributed by atoms with Crippen LogP contribution >= 0.6 is 24.0 Å². The Labute approximate surface area is 199 Å². The summed E-state index contributed by atoms with van der Waals surface area (Å²) < 4.78 is 1.90. The van der Waals surface area contributed by atoms with Crippen LogP contribution in [-0.2, 0) is 13.6 Å². The number of rotatable bonds is 8. The van der Waals surface area contributed by atoms with Gasteiger partial charge in [-0.15, -0.1) is 24.0 Å². The Kier molecular flexibility index (Phi) is 10.3. The third-order valence-corrected chi connectivity index (χ3v) is 5.06. The van der Waals surface area contributed by atoms with Gasteiger partial charge in [0.1, 0.15) is 0 Å². The molecule has 1 heterocycles. The van der Waals surface area contributed by atoms with Crippen molar-refractivity contribution < 1.29 is 0 Å². The Morgan fingerprint density at radius 2 is 1.83 bits per heavy atom. The summed E-state index contributed by atoms with van der Waals surface area (Å²) in [5.74, 6) is 1.28. The first-order valence-corrected chi connectivity index (χ1v) is 10.4. The first-order valence-electron chi connectivity index (χ1n) is 10.4. The monoisotopic (exact) mass is 526 g/mol. The quantitative estimate of drug-likeness (QED) is 0.306. The molecular formula is C23H39IN6. The summed E-state index contributed by atoms with van der Waals surface area (Å²) in [5.41, 5.74) is 3.58. The van der Waals surface area contributed by atoms with Crippen molar-refractivity contribution in [3.05, 3.63) is 53.3 Å². The van der Waals surface area contributed by atoms with Gasteiger partial charge < -0.3 is 15.5 Å². The molecule has 1 atom stereocenters. The molecule has 2 N–H and O–H groups in total. The molecule has 168 valence electrons. The molecule has 0 radical (unpaired) electrons. The molecule has 0 aliphatic rings. The van der Waals surface area contributed by atoms with Gasteiger partial charge in [0.05, 0.1) is 5.69 Å². The third kappa shape index (κ3) is 7.58. The minimum atomic E-state index is -0.0938. The van der Waals surface area contributed by atoms with E-state index in [1.807, 2.05) is 18.8 Å². The van der Waals surface area contributed by atoms with Crippen LogP contribution in [0.1, 0.15) is 63.4 Å². The van der Waals surface area contributed by atoms with Gasteiger partial charge in [0.25, 0.3) is 0 Å². The Morgan fingerprint density at radius 3 is 2.40 bits per heavy atom. The first kappa shape index (κ1) is 26.4. The number of aliphatic imine (C=N–C) groups is 1. The van der Waals surface area contributed by atoms with E-state index >= 15 is 0 Å². The van der Waals surface area contributed by atoms with Crippen LogP contribution in [0.25, 0.3) is 0 Å². The van der Waals surface area contributed by atoms with E-state index in [1.165, 1.54) is 11.1 Å². The summed E-state index contributed by atoms with van der Waals surface area (Å²) in [6.45, 7) is 12.5. The summed E-state index contributed by atoms with van der Waals surface area (Å²) >= 11 is 0. The lowest BCUT2D eigenvalue weighted by Gasteiger charge is -2.32. The largest absolute Gasteiger partial charge is 0.354 e. The number of nitrogens with zero attached hydrogens (tertiary/aromatic N) is 4. The molecule has 0 bridgehead atoms. The predicted molar refractivity (Wildman–Crippen MR) is 138 cm³/mol. The molecule has 2 aromatic rings. The number of guanidine groups is 1. The Balaban J connectivity index is 0.00000450. The zero-order valence-corrected chi connectivity index (χ0v) is 22.1. The molecule has 1 aromatic heterocycles. The number of hydrogen-bond donors (Lipinski definition) is 2. The highest BCUT2D eigenvalue weighted by atomic mass is 127. The van der Waals surface area contributed by atoms with E-state index in [2.05, 4.69) is 104 Å². The number of aryl methyl sites for hydroxylation is 1. The number of hydrogen-bond acceptors (Lipinski definition) is 3. The standard InChI is InChI=1S/C23H38N6.HI/c1-17(2)21-20(15-29(8)27-21)14-28(7)22(24-6)25-16-23(4,5)26-18(3)19-12-10-9-11-13-19;/h9-13,15,17-18,26H,14,16H2,1-8H3,(H,24,25);1H. The highest BCUT2D eigenvalue weighted by Gasteiger charge is 2.22. The smallest absolute Gasteiger partial charge is 0.193 e. The van der Waals surface area contributed by atoms with E-state index in [4.69, 9.17) is 0 Å². The second-order valence-electron chi connectivity index (χ2n) is 8.79. The lowest BCUT2D eigenvalue weighted by atomic mass is 10.0. The maximum atomic E-state index is 4.61. The number of halogens is 1. The van der Waals surface area contributed by atoms with Crippen molar-refractivity contribution in [3.8, 4) is 0 Å². The van der Waals surface area contributed by atoms with Gasteiger partial charge in [0.15, 0.2) is 5.96 Å². The van der Waals surface area contributed by atoms with E-state index in [0.717, 1.165) is 24.7 Å². The zero-order chi connectivity index (χ0) is 21.6. The van der Waals surface area contributed by atoms with Crippen LogP contribution in [0, 0.1) is 0 Å². The van der Waals surface area contributed by atoms with Gasteiger partial charge in [0.2, 0.25) is 0 Å². The molecule has 0 aliphatic carbocycles. The molecule has 2 rings (SSSR count). The molecule has 0 spiro atoms. The van der Waals surface area contributed by atoms with Crippen LogP contribution in [0.4, 0.5) is 0 Å². The topological polar surface area (TPSA) is 57.5 Å². The SMILES string of the molecule is CN=C(NCC(C)(C)NC(C)c1ccccc1)N(C)Cc1cn(C)nc1C(C)C.I. The third-order valence-electron chi connectivity index (χ3n) is 5.06. The minimum absolute atomic E-state index is 0. The van der Waals surface area contributed by atoms with Gasteiger partial charge in [-0.05, 0) is 32.3 Å². The second-order valence-corrected chi connectivity index (χ2v) is 8.79. The molecule has 30 heavy (non-hydrogen) atoms. The predicted octanol–water partition coefficient (Wildman–Crippen LogP) is 4.30. The van der Waals surface area contributed by atoms with E-state index in [0.29, 0.717) is 5.92 Å². The fourth-order valence-corrected chi connectivity index (χ4v) is 3.64. The molecule has 0 aliphatic heterocycles. The summed E-state index contributed by atoms with van der Waals surface area (Å²) in [5, 5.41) is 11.9. The van der Waals surface area contributed by atoms with Gasteiger partial charge in [-0.1, -0.05) is 44.2 Å². The van der Waals surface area contributed by atoms with Crippen molar-refractivity contribution in [1.29, 1.82) is 0 Å². The van der Waals surface area contributed by atoms with Gasteiger partial charge in [-0.2, -0.15) is 5.10 Å². The van der Waals surface area contributed by atoms with Crippen LogP contribution in [0.15, 0.2) is 41.5 Å². The summed E-state index contributed by atoms with van der Waals surface area (Å²) in [4.78, 5) is 6.63. The second kappa shape index (κ2) is 11.7. The van der Waals surface area contributed by atoms with Crippen molar-refractivity contribution in [2.75, 3.05) is 20.6 Å². The zero-order valence-electron chi connectivity index (χ0n) is 19.7. The van der Waals surface area contributed by atoms with Crippen molar-refractivity contribution in [3.63, 3.8) is 0 Å². The maximum Gasteiger partial charge on any atom is 0.193 e. The summed E-state index contributed by atoms with van der Waals surface area (Å²) in [7, 11) is 5.88. The maximum absolute atomic E-state index is 4.61. The first-order chi connectivity index (χ1) is 13.6. The van der Waals surface area contributed by atoms with Crippen LogP contribution < -0.4 is 10.6 Å². The van der Waals surface area contributed by atoms with Crippen molar-refractivity contribution >= 4 is 29.9 Å². The molecular weight excluding hydrogens is 487 g/mol. The molecule has 0 saturated carbocycles. The molecule has 0 amide bonds. The fraction of sp³-hybridized carbons (Fsp3) is 0.565. The highest BCUT2D eigenvalue weighted by molar-refractivity contribution is 14.0. The Bertz CT molecular complexity index is 797. The molecule has 0 saturated heterocycles. The van der Waals surface area contributed by atoms with Gasteiger partial charge in [-0.3, -0.25) is 9.67 Å². The Hall–Kier alpha value is -1.61. The summed E-state index contributed by atoms with van der Waals surface area (Å²) in [6.07, 6.45) is 2.10. The van der Waals surface area contributed by atoms with Crippen molar-refractivity contribution in [2.24, 2.45) is 12.0 Å². The van der Waals surface area contributed by atoms with Crippen molar-refractivity contribution in [2.45, 2.75) is 58.7 Å². The van der Waals surface area contributed by atoms with Crippen LogP contribution in [0.5, 0.6) is 0 Å². The number of nitrogens with one attached hydrogen (secondary N) is 2. The normalized spacial score (nSPS) is 13.2. The average molecular weight is 527 g/mol. The summed E-state index contributed by atoms with van der Waals surface area (Å²) in [6, 6.07) is 10.8. The van der Waals surface area contributed by atoms with Crippen molar-refractivity contribution in [1.82, 2.24) is 25.3 Å².